The van der Waals surface area contributed by atoms with Crippen molar-refractivity contribution in [1.82, 2.24) is 4.90 Å². The van der Waals surface area contributed by atoms with Crippen LogP contribution in [0.5, 0.6) is 5.75 Å². The molecular weight excluding hydrogens is 214 g/mol. The fourth-order valence-electron chi connectivity index (χ4n) is 2.03. The van der Waals surface area contributed by atoms with Crippen molar-refractivity contribution in [3.63, 3.8) is 0 Å². The number of methoxy groups -OCH3 is 1. The van der Waals surface area contributed by atoms with Gasteiger partial charge in [0.15, 0.2) is 0 Å². The lowest BCUT2D eigenvalue weighted by molar-refractivity contribution is 0.0783. The largest absolute Gasteiger partial charge is 0.497 e. The molecule has 0 N–H and O–H groups in total. The van der Waals surface area contributed by atoms with Crippen molar-refractivity contribution in [3.05, 3.63) is 42.1 Å². The van der Waals surface area contributed by atoms with Crippen LogP contribution in [0.25, 0.3) is 0 Å². The maximum absolute atomic E-state index is 12.2. The third-order valence-corrected chi connectivity index (χ3v) is 3.06. The summed E-state index contributed by atoms with van der Waals surface area (Å²) in [5.41, 5.74) is 1.62. The van der Waals surface area contributed by atoms with Gasteiger partial charge in [-0.05, 0) is 43.5 Å². The zero-order valence-electron chi connectivity index (χ0n) is 10.1. The highest BCUT2D eigenvalue weighted by Crippen LogP contribution is 2.22. The van der Waals surface area contributed by atoms with Crippen LogP contribution in [0.15, 0.2) is 36.5 Å². The second-order valence-corrected chi connectivity index (χ2v) is 4.21. The second-order valence-electron chi connectivity index (χ2n) is 4.21. The number of piperidine rings is 1. The van der Waals surface area contributed by atoms with E-state index in [2.05, 4.69) is 6.58 Å². The molecule has 1 fully saturated rings. The van der Waals surface area contributed by atoms with Crippen LogP contribution in [0.1, 0.15) is 29.6 Å². The Morgan fingerprint density at radius 1 is 1.29 bits per heavy atom. The van der Waals surface area contributed by atoms with Gasteiger partial charge in [0.1, 0.15) is 5.75 Å². The van der Waals surface area contributed by atoms with Crippen LogP contribution in [0.4, 0.5) is 0 Å². The van der Waals surface area contributed by atoms with Gasteiger partial charge in [-0.25, -0.2) is 0 Å². The minimum Gasteiger partial charge on any atom is -0.497 e. The summed E-state index contributed by atoms with van der Waals surface area (Å²) in [7, 11) is 1.61. The zero-order valence-corrected chi connectivity index (χ0v) is 10.1. The van der Waals surface area contributed by atoms with Crippen LogP contribution in [-0.4, -0.2) is 24.5 Å². The number of nitrogens with zero attached hydrogens (tertiary/aromatic N) is 1. The van der Waals surface area contributed by atoms with E-state index in [4.69, 9.17) is 4.74 Å². The number of likely N-dealkylation sites (tertiary alicyclic amines) is 1. The molecule has 3 nitrogen and oxygen atoms in total. The second kappa shape index (κ2) is 5.04. The van der Waals surface area contributed by atoms with Gasteiger partial charge in [0.25, 0.3) is 5.91 Å². The van der Waals surface area contributed by atoms with E-state index in [0.717, 1.165) is 37.3 Å². The maximum atomic E-state index is 12.2. The van der Waals surface area contributed by atoms with E-state index in [9.17, 15) is 4.79 Å². The van der Waals surface area contributed by atoms with Crippen LogP contribution in [-0.2, 0) is 0 Å². The summed E-state index contributed by atoms with van der Waals surface area (Å²) < 4.78 is 5.07. The first kappa shape index (κ1) is 11.7. The standard InChI is InChI=1S/C14H17NO2/c1-11-5-3-4-10-15(11)14(16)12-6-8-13(17-2)9-7-12/h6-9H,1,3-5,10H2,2H3. The lowest BCUT2D eigenvalue weighted by atomic mass is 10.1. The molecule has 2 rings (SSSR count). The van der Waals surface area contributed by atoms with Gasteiger partial charge in [-0.15, -0.1) is 0 Å². The molecule has 0 aliphatic carbocycles. The third-order valence-electron chi connectivity index (χ3n) is 3.06. The topological polar surface area (TPSA) is 29.5 Å². The molecule has 0 bridgehead atoms. The lowest BCUT2D eigenvalue weighted by Crippen LogP contribution is -2.33. The van der Waals surface area contributed by atoms with Gasteiger partial charge in [-0.3, -0.25) is 4.79 Å². The maximum Gasteiger partial charge on any atom is 0.257 e. The van der Waals surface area contributed by atoms with Crippen LogP contribution >= 0.6 is 0 Å². The molecule has 0 aromatic heterocycles. The summed E-state index contributed by atoms with van der Waals surface area (Å²) in [6.07, 6.45) is 3.11. The van der Waals surface area contributed by atoms with Crippen molar-refractivity contribution in [3.8, 4) is 5.75 Å². The van der Waals surface area contributed by atoms with Gasteiger partial charge in [-0.1, -0.05) is 6.58 Å². The van der Waals surface area contributed by atoms with E-state index in [0.29, 0.717) is 5.56 Å². The Morgan fingerprint density at radius 2 is 2.00 bits per heavy atom. The van der Waals surface area contributed by atoms with Gasteiger partial charge in [0.05, 0.1) is 7.11 Å². The van der Waals surface area contributed by atoms with Crippen LogP contribution < -0.4 is 4.74 Å². The Bertz CT molecular complexity index is 422. The van der Waals surface area contributed by atoms with E-state index in [-0.39, 0.29) is 5.91 Å². The van der Waals surface area contributed by atoms with Crippen molar-refractivity contribution in [2.24, 2.45) is 0 Å². The molecule has 1 aliphatic rings. The van der Waals surface area contributed by atoms with Crippen molar-refractivity contribution >= 4 is 5.91 Å². The average molecular weight is 231 g/mol. The smallest absolute Gasteiger partial charge is 0.257 e. The Kier molecular flexibility index (Phi) is 3.47. The summed E-state index contributed by atoms with van der Waals surface area (Å²) in [6, 6.07) is 7.20. The fraction of sp³-hybridized carbons (Fsp3) is 0.357. The number of benzene rings is 1. The van der Waals surface area contributed by atoms with E-state index in [1.807, 2.05) is 0 Å². The zero-order chi connectivity index (χ0) is 12.3. The molecule has 1 heterocycles. The SMILES string of the molecule is C=C1CCCCN1C(=O)c1ccc(OC)cc1. The van der Waals surface area contributed by atoms with Crippen molar-refractivity contribution < 1.29 is 9.53 Å². The number of carbonyl (C=O) groups excluding carboxylic acids is 1. The minimum absolute atomic E-state index is 0.0392. The highest BCUT2D eigenvalue weighted by Gasteiger charge is 2.21. The number of allylic oxidation sites excluding steroid dienone is 1. The van der Waals surface area contributed by atoms with Gasteiger partial charge in [0, 0.05) is 17.8 Å². The van der Waals surface area contributed by atoms with Gasteiger partial charge in [-0.2, -0.15) is 0 Å². The number of rotatable bonds is 2. The summed E-state index contributed by atoms with van der Waals surface area (Å²) in [6.45, 7) is 4.74. The molecule has 90 valence electrons. The molecule has 17 heavy (non-hydrogen) atoms. The number of hydrogen-bond acceptors (Lipinski definition) is 2. The molecular formula is C14H17NO2. The van der Waals surface area contributed by atoms with Crippen molar-refractivity contribution in [2.45, 2.75) is 19.3 Å². The predicted octanol–water partition coefficient (Wildman–Crippen LogP) is 2.84. The number of ether oxygens (including phenoxy) is 1. The molecule has 0 unspecified atom stereocenters. The molecule has 0 atom stereocenters. The first-order valence-electron chi connectivity index (χ1n) is 5.86. The molecule has 1 aromatic rings. The third kappa shape index (κ3) is 2.49. The monoisotopic (exact) mass is 231 g/mol. The van der Waals surface area contributed by atoms with Crippen LogP contribution in [0.3, 0.4) is 0 Å². The van der Waals surface area contributed by atoms with Crippen LogP contribution in [0, 0.1) is 0 Å². The fourth-order valence-corrected chi connectivity index (χ4v) is 2.03. The van der Waals surface area contributed by atoms with E-state index < -0.39 is 0 Å². The first-order chi connectivity index (χ1) is 8.22. The van der Waals surface area contributed by atoms with Crippen molar-refractivity contribution in [1.29, 1.82) is 0 Å². The highest BCUT2D eigenvalue weighted by molar-refractivity contribution is 5.95. The Balaban J connectivity index is 2.15. The van der Waals surface area contributed by atoms with Crippen molar-refractivity contribution in [2.75, 3.05) is 13.7 Å². The van der Waals surface area contributed by atoms with Crippen LogP contribution in [0.2, 0.25) is 0 Å². The molecule has 0 spiro atoms. The van der Waals surface area contributed by atoms with E-state index in [1.54, 1.807) is 36.3 Å². The van der Waals surface area contributed by atoms with Gasteiger partial charge in [0.2, 0.25) is 0 Å². The average Bonchev–Trinajstić information content (AvgIpc) is 2.39. The van der Waals surface area contributed by atoms with Gasteiger partial charge < -0.3 is 9.64 Å². The van der Waals surface area contributed by atoms with Gasteiger partial charge >= 0.3 is 0 Å². The number of carbonyl (C=O) groups is 1. The molecule has 1 saturated heterocycles. The summed E-state index contributed by atoms with van der Waals surface area (Å²) in [4.78, 5) is 14.0. The molecule has 1 aromatic carbocycles. The number of hydrogen-bond donors (Lipinski definition) is 0. The summed E-state index contributed by atoms with van der Waals surface area (Å²) in [5, 5.41) is 0. The highest BCUT2D eigenvalue weighted by atomic mass is 16.5. The minimum atomic E-state index is 0.0392. The summed E-state index contributed by atoms with van der Waals surface area (Å²) >= 11 is 0. The first-order valence-corrected chi connectivity index (χ1v) is 5.86. The van der Waals surface area contributed by atoms with E-state index in [1.165, 1.54) is 0 Å². The quantitative estimate of drug-likeness (QED) is 0.783. The van der Waals surface area contributed by atoms with E-state index >= 15 is 0 Å². The number of amides is 1. The Labute approximate surface area is 102 Å². The molecule has 1 amide bonds. The summed E-state index contributed by atoms with van der Waals surface area (Å²) in [5.74, 6) is 0.802. The Morgan fingerprint density at radius 3 is 2.59 bits per heavy atom. The molecule has 3 heteroatoms. The normalized spacial score (nSPS) is 15.8. The predicted molar refractivity (Wildman–Crippen MR) is 67.0 cm³/mol. The molecule has 0 saturated carbocycles. The molecule has 0 radical (unpaired) electrons. The molecule has 1 aliphatic heterocycles. The Hall–Kier alpha value is -1.77. The lowest BCUT2D eigenvalue weighted by Gasteiger charge is -2.29.